The molecule has 0 saturated heterocycles. The highest BCUT2D eigenvalue weighted by Crippen LogP contribution is 2.37. The topological polar surface area (TPSA) is 104 Å². The van der Waals surface area contributed by atoms with Gasteiger partial charge in [-0.25, -0.2) is 0 Å². The van der Waals surface area contributed by atoms with Gasteiger partial charge in [0.2, 0.25) is 12.7 Å². The Kier molecular flexibility index (Phi) is 4.82. The standard InChI is InChI=1S/C17H13N3O5S2/c1-9(21)10-5-12-13(24-8-23-12)6-11(10)18-15(22)7-27-17-20-19-16(25-17)14-3-2-4-26-14/h2-6H,7-8H2,1H3,(H,18,22). The third-order valence-electron chi connectivity index (χ3n) is 3.63. The van der Waals surface area contributed by atoms with Gasteiger partial charge in [0, 0.05) is 11.6 Å². The summed E-state index contributed by atoms with van der Waals surface area (Å²) < 4.78 is 16.1. The van der Waals surface area contributed by atoms with Gasteiger partial charge in [0.1, 0.15) is 0 Å². The quantitative estimate of drug-likeness (QED) is 0.493. The third-order valence-corrected chi connectivity index (χ3v) is 5.31. The Balaban J connectivity index is 1.42. The van der Waals surface area contributed by atoms with Crippen molar-refractivity contribution in [3.63, 3.8) is 0 Å². The van der Waals surface area contributed by atoms with Crippen LogP contribution in [0.25, 0.3) is 10.8 Å². The molecule has 4 rings (SSSR count). The molecule has 0 atom stereocenters. The Labute approximate surface area is 161 Å². The molecule has 0 aliphatic carbocycles. The maximum Gasteiger partial charge on any atom is 0.277 e. The molecule has 0 radical (unpaired) electrons. The average Bonchev–Trinajstić information content (AvgIpc) is 3.38. The van der Waals surface area contributed by atoms with E-state index in [-0.39, 0.29) is 24.2 Å². The van der Waals surface area contributed by atoms with Crippen molar-refractivity contribution in [3.8, 4) is 22.3 Å². The molecule has 1 N–H and O–H groups in total. The molecule has 2 aromatic heterocycles. The minimum Gasteiger partial charge on any atom is -0.454 e. The molecule has 0 fully saturated rings. The van der Waals surface area contributed by atoms with Gasteiger partial charge >= 0.3 is 0 Å². The summed E-state index contributed by atoms with van der Waals surface area (Å²) in [7, 11) is 0. The van der Waals surface area contributed by atoms with Gasteiger partial charge < -0.3 is 19.2 Å². The predicted octanol–water partition coefficient (Wildman–Crippen LogP) is 3.46. The molecule has 1 aromatic carbocycles. The second kappa shape index (κ2) is 7.41. The molecule has 1 amide bonds. The van der Waals surface area contributed by atoms with Crippen LogP contribution in [-0.4, -0.2) is 34.4 Å². The predicted molar refractivity (Wildman–Crippen MR) is 99.5 cm³/mol. The lowest BCUT2D eigenvalue weighted by atomic mass is 10.1. The zero-order valence-corrected chi connectivity index (χ0v) is 15.7. The number of Topliss-reactive ketones (excluding diaryl/α,β-unsaturated/α-hetero) is 1. The first-order chi connectivity index (χ1) is 13.1. The highest BCUT2D eigenvalue weighted by molar-refractivity contribution is 7.99. The van der Waals surface area contributed by atoms with E-state index in [2.05, 4.69) is 15.5 Å². The Morgan fingerprint density at radius 2 is 2.07 bits per heavy atom. The highest BCUT2D eigenvalue weighted by atomic mass is 32.2. The number of carbonyl (C=O) groups excluding carboxylic acids is 2. The van der Waals surface area contributed by atoms with Crippen LogP contribution in [0, 0.1) is 0 Å². The summed E-state index contributed by atoms with van der Waals surface area (Å²) in [4.78, 5) is 25.0. The summed E-state index contributed by atoms with van der Waals surface area (Å²) in [6, 6.07) is 6.92. The van der Waals surface area contributed by atoms with Crippen LogP contribution in [0.5, 0.6) is 11.5 Å². The number of hydrogen-bond acceptors (Lipinski definition) is 9. The fourth-order valence-corrected chi connectivity index (χ4v) is 3.63. The van der Waals surface area contributed by atoms with Crippen LogP contribution in [0.2, 0.25) is 0 Å². The Hall–Kier alpha value is -2.85. The number of anilines is 1. The van der Waals surface area contributed by atoms with Gasteiger partial charge in [-0.15, -0.1) is 21.5 Å². The lowest BCUT2D eigenvalue weighted by Gasteiger charge is -2.10. The zero-order valence-electron chi connectivity index (χ0n) is 14.1. The van der Waals surface area contributed by atoms with Gasteiger partial charge in [0.05, 0.1) is 16.3 Å². The Morgan fingerprint density at radius 1 is 1.26 bits per heavy atom. The normalized spacial score (nSPS) is 12.2. The number of ether oxygens (including phenoxy) is 2. The molecule has 3 aromatic rings. The van der Waals surface area contributed by atoms with E-state index in [1.54, 1.807) is 12.1 Å². The lowest BCUT2D eigenvalue weighted by Crippen LogP contribution is -2.16. The smallest absolute Gasteiger partial charge is 0.277 e. The first-order valence-corrected chi connectivity index (χ1v) is 9.71. The summed E-state index contributed by atoms with van der Waals surface area (Å²) in [5.74, 6) is 0.950. The van der Waals surface area contributed by atoms with Gasteiger partial charge in [-0.05, 0) is 24.4 Å². The molecule has 0 saturated carbocycles. The molecule has 1 aliphatic heterocycles. The van der Waals surface area contributed by atoms with E-state index in [9.17, 15) is 9.59 Å². The SMILES string of the molecule is CC(=O)c1cc2c(cc1NC(=O)CSc1nnc(-c3cccs3)o1)OCO2. The molecule has 10 heteroatoms. The molecule has 0 spiro atoms. The molecule has 3 heterocycles. The van der Waals surface area contributed by atoms with E-state index in [0.717, 1.165) is 16.6 Å². The van der Waals surface area contributed by atoms with E-state index in [1.807, 2.05) is 17.5 Å². The molecule has 0 bridgehead atoms. The van der Waals surface area contributed by atoms with Crippen LogP contribution in [0.3, 0.4) is 0 Å². The number of rotatable bonds is 6. The largest absolute Gasteiger partial charge is 0.454 e. The number of carbonyl (C=O) groups is 2. The molecule has 8 nitrogen and oxygen atoms in total. The fraction of sp³-hybridized carbons (Fsp3) is 0.176. The number of thioether (sulfide) groups is 1. The second-order valence-corrected chi connectivity index (χ2v) is 7.37. The lowest BCUT2D eigenvalue weighted by molar-refractivity contribution is -0.113. The number of amides is 1. The van der Waals surface area contributed by atoms with Crippen molar-refractivity contribution in [2.24, 2.45) is 0 Å². The van der Waals surface area contributed by atoms with Crippen LogP contribution in [0.1, 0.15) is 17.3 Å². The summed E-state index contributed by atoms with van der Waals surface area (Å²) in [6.07, 6.45) is 0. The van der Waals surface area contributed by atoms with Gasteiger partial charge in [-0.2, -0.15) is 0 Å². The van der Waals surface area contributed by atoms with Crippen molar-refractivity contribution in [2.75, 3.05) is 17.9 Å². The number of aromatic nitrogens is 2. The van der Waals surface area contributed by atoms with Gasteiger partial charge in [0.25, 0.3) is 11.1 Å². The van der Waals surface area contributed by atoms with E-state index in [0.29, 0.717) is 33.9 Å². The van der Waals surface area contributed by atoms with Crippen LogP contribution >= 0.6 is 23.1 Å². The highest BCUT2D eigenvalue weighted by Gasteiger charge is 2.20. The number of nitrogens with zero attached hydrogens (tertiary/aromatic N) is 2. The first kappa shape index (κ1) is 17.6. The van der Waals surface area contributed by atoms with E-state index >= 15 is 0 Å². The number of ketones is 1. The van der Waals surface area contributed by atoms with Crippen LogP contribution in [-0.2, 0) is 4.79 Å². The molecule has 27 heavy (non-hydrogen) atoms. The van der Waals surface area contributed by atoms with Crippen molar-refractivity contribution < 1.29 is 23.5 Å². The Bertz CT molecular complexity index is 1000. The maximum absolute atomic E-state index is 12.3. The third kappa shape index (κ3) is 3.81. The van der Waals surface area contributed by atoms with E-state index in [1.165, 1.54) is 18.3 Å². The number of benzene rings is 1. The average molecular weight is 403 g/mol. The number of hydrogen-bond donors (Lipinski definition) is 1. The molecular formula is C17H13N3O5S2. The maximum atomic E-state index is 12.3. The van der Waals surface area contributed by atoms with Crippen molar-refractivity contribution >= 4 is 40.5 Å². The summed E-state index contributed by atoms with van der Waals surface area (Å²) in [5, 5.41) is 12.8. The number of fused-ring (bicyclic) bond motifs is 1. The van der Waals surface area contributed by atoms with Crippen molar-refractivity contribution in [2.45, 2.75) is 12.1 Å². The van der Waals surface area contributed by atoms with Crippen LogP contribution < -0.4 is 14.8 Å². The first-order valence-electron chi connectivity index (χ1n) is 7.85. The van der Waals surface area contributed by atoms with Crippen molar-refractivity contribution in [1.29, 1.82) is 0 Å². The number of thiophene rings is 1. The van der Waals surface area contributed by atoms with E-state index in [4.69, 9.17) is 13.9 Å². The minimum absolute atomic E-state index is 0.0534. The molecule has 0 unspecified atom stereocenters. The Morgan fingerprint density at radius 3 is 2.81 bits per heavy atom. The summed E-state index contributed by atoms with van der Waals surface area (Å²) in [6.45, 7) is 1.51. The van der Waals surface area contributed by atoms with Crippen molar-refractivity contribution in [3.05, 3.63) is 35.2 Å². The monoisotopic (exact) mass is 403 g/mol. The van der Waals surface area contributed by atoms with Crippen LogP contribution in [0.4, 0.5) is 5.69 Å². The summed E-state index contributed by atoms with van der Waals surface area (Å²) >= 11 is 2.61. The molecule has 138 valence electrons. The fourth-order valence-electron chi connectivity index (χ4n) is 2.42. The minimum atomic E-state index is -0.308. The van der Waals surface area contributed by atoms with Crippen molar-refractivity contribution in [1.82, 2.24) is 10.2 Å². The molecular weight excluding hydrogens is 390 g/mol. The zero-order chi connectivity index (χ0) is 18.8. The number of nitrogens with one attached hydrogen (secondary N) is 1. The van der Waals surface area contributed by atoms with Crippen LogP contribution in [0.15, 0.2) is 39.3 Å². The van der Waals surface area contributed by atoms with Gasteiger partial charge in [0.15, 0.2) is 17.3 Å². The second-order valence-electron chi connectivity index (χ2n) is 5.49. The van der Waals surface area contributed by atoms with Gasteiger partial charge in [-0.1, -0.05) is 17.8 Å². The summed E-state index contributed by atoms with van der Waals surface area (Å²) in [5.41, 5.74) is 0.734. The molecule has 1 aliphatic rings. The van der Waals surface area contributed by atoms with Gasteiger partial charge in [-0.3, -0.25) is 9.59 Å². The van der Waals surface area contributed by atoms with E-state index < -0.39 is 0 Å².